The smallest absolute Gasteiger partial charge is 0.306 e. The first-order chi connectivity index (χ1) is 12.0. The van der Waals surface area contributed by atoms with E-state index < -0.39 is 24.3 Å². The topological polar surface area (TPSA) is 63.7 Å². The molecular weight excluding hydrogens is 345 g/mol. The van der Waals surface area contributed by atoms with Crippen molar-refractivity contribution >= 4 is 29.0 Å². The van der Waals surface area contributed by atoms with Gasteiger partial charge >= 0.3 is 5.97 Å². The number of esters is 1. The summed E-state index contributed by atoms with van der Waals surface area (Å²) in [5.74, 6) is -1.58. The number of ketones is 1. The number of nitrogens with zero attached hydrogens (tertiary/aromatic N) is 1. The summed E-state index contributed by atoms with van der Waals surface area (Å²) >= 11 is 1.31. The van der Waals surface area contributed by atoms with Gasteiger partial charge in [0.15, 0.2) is 12.4 Å². The third-order valence-corrected chi connectivity index (χ3v) is 4.41. The molecule has 0 bridgehead atoms. The second kappa shape index (κ2) is 9.08. The molecule has 25 heavy (non-hydrogen) atoms. The van der Waals surface area contributed by atoms with Crippen LogP contribution in [0.25, 0.3) is 0 Å². The molecule has 132 valence electrons. The van der Waals surface area contributed by atoms with Crippen molar-refractivity contribution < 1.29 is 23.5 Å². The lowest BCUT2D eigenvalue weighted by atomic mass is 10.2. The van der Waals surface area contributed by atoms with Crippen molar-refractivity contribution in [3.05, 3.63) is 58.0 Å². The predicted octanol–water partition coefficient (Wildman–Crippen LogP) is 3.05. The number of Topliss-reactive ketones (excluding diaryl/α,β-unsaturated/α-hetero) is 1. The molecule has 1 aromatic carbocycles. The lowest BCUT2D eigenvalue weighted by molar-refractivity contribution is -0.151. The van der Waals surface area contributed by atoms with E-state index in [4.69, 9.17) is 4.74 Å². The zero-order chi connectivity index (χ0) is 18.2. The molecule has 1 aromatic heterocycles. The zero-order valence-corrected chi connectivity index (χ0v) is 14.6. The molecule has 5 nitrogen and oxygen atoms in total. The first-order valence-corrected chi connectivity index (χ1v) is 8.55. The quantitative estimate of drug-likeness (QED) is 0.534. The lowest BCUT2D eigenvalue weighted by Gasteiger charge is -2.17. The first kappa shape index (κ1) is 18.8. The molecule has 0 atom stereocenters. The third kappa shape index (κ3) is 5.79. The maximum absolute atomic E-state index is 13.6. The number of carbonyl (C=O) groups excluding carboxylic acids is 3. The van der Waals surface area contributed by atoms with Crippen molar-refractivity contribution in [2.75, 3.05) is 13.7 Å². The van der Waals surface area contributed by atoms with E-state index in [9.17, 15) is 18.8 Å². The van der Waals surface area contributed by atoms with Gasteiger partial charge in [0.1, 0.15) is 5.82 Å². The van der Waals surface area contributed by atoms with E-state index in [2.05, 4.69) is 0 Å². The molecule has 7 heteroatoms. The number of benzene rings is 1. The number of halogens is 1. The van der Waals surface area contributed by atoms with Crippen LogP contribution in [0.1, 0.15) is 28.1 Å². The number of rotatable bonds is 8. The molecule has 2 aromatic rings. The predicted molar refractivity (Wildman–Crippen MR) is 91.7 cm³/mol. The van der Waals surface area contributed by atoms with Gasteiger partial charge in [0.05, 0.1) is 11.3 Å². The van der Waals surface area contributed by atoms with Crippen LogP contribution in [0.4, 0.5) is 4.39 Å². The average molecular weight is 363 g/mol. The lowest BCUT2D eigenvalue weighted by Crippen LogP contribution is -2.31. The van der Waals surface area contributed by atoms with Gasteiger partial charge in [-0.15, -0.1) is 11.3 Å². The molecule has 0 aliphatic heterocycles. The van der Waals surface area contributed by atoms with Crippen LogP contribution in [0, 0.1) is 5.82 Å². The molecule has 0 spiro atoms. The van der Waals surface area contributed by atoms with E-state index in [1.807, 2.05) is 0 Å². The van der Waals surface area contributed by atoms with Gasteiger partial charge < -0.3 is 9.64 Å². The molecule has 0 radical (unpaired) electrons. The number of amides is 1. The molecule has 0 fully saturated rings. The minimum absolute atomic E-state index is 0.0403. The summed E-state index contributed by atoms with van der Waals surface area (Å²) in [6.45, 7) is -0.350. The van der Waals surface area contributed by atoms with Crippen molar-refractivity contribution in [2.24, 2.45) is 0 Å². The molecule has 0 aliphatic rings. The van der Waals surface area contributed by atoms with Gasteiger partial charge in [0.25, 0.3) is 5.91 Å². The summed E-state index contributed by atoms with van der Waals surface area (Å²) in [7, 11) is 1.50. The first-order valence-electron chi connectivity index (χ1n) is 7.67. The van der Waals surface area contributed by atoms with E-state index in [-0.39, 0.29) is 25.2 Å². The Balaban J connectivity index is 1.72. The number of hydrogen-bond donors (Lipinski definition) is 0. The molecule has 0 N–H and O–H groups in total. The minimum atomic E-state index is -0.613. The highest BCUT2D eigenvalue weighted by Gasteiger charge is 2.15. The van der Waals surface area contributed by atoms with Crippen LogP contribution in [0.15, 0.2) is 41.8 Å². The summed E-state index contributed by atoms with van der Waals surface area (Å²) < 4.78 is 18.5. The van der Waals surface area contributed by atoms with Crippen molar-refractivity contribution in [2.45, 2.75) is 19.4 Å². The van der Waals surface area contributed by atoms with Gasteiger partial charge in [-0.3, -0.25) is 14.4 Å². The number of carbonyl (C=O) groups is 3. The second-order valence-corrected chi connectivity index (χ2v) is 6.35. The Morgan fingerprint density at radius 1 is 1.12 bits per heavy atom. The van der Waals surface area contributed by atoms with E-state index in [0.29, 0.717) is 10.4 Å². The molecule has 2 rings (SSSR count). The van der Waals surface area contributed by atoms with Crippen molar-refractivity contribution in [1.29, 1.82) is 0 Å². The molecule has 0 unspecified atom stereocenters. The molecule has 1 heterocycles. The molecule has 0 aliphatic carbocycles. The fraction of sp³-hybridized carbons (Fsp3) is 0.278. The Kier molecular flexibility index (Phi) is 6.82. The Bertz CT molecular complexity index is 745. The minimum Gasteiger partial charge on any atom is -0.456 e. The maximum atomic E-state index is 13.6. The highest BCUT2D eigenvalue weighted by atomic mass is 32.1. The van der Waals surface area contributed by atoms with E-state index in [0.717, 1.165) is 0 Å². The summed E-state index contributed by atoms with van der Waals surface area (Å²) in [6, 6.07) is 9.61. The highest BCUT2D eigenvalue weighted by molar-refractivity contribution is 7.12. The fourth-order valence-electron chi connectivity index (χ4n) is 2.07. The van der Waals surface area contributed by atoms with E-state index in [1.54, 1.807) is 35.7 Å². The van der Waals surface area contributed by atoms with Crippen LogP contribution in [-0.2, 0) is 20.9 Å². The van der Waals surface area contributed by atoms with Gasteiger partial charge in [-0.1, -0.05) is 24.3 Å². The summed E-state index contributed by atoms with van der Waals surface area (Å²) in [6.07, 6.45) is -0.0420. The second-order valence-electron chi connectivity index (χ2n) is 5.40. The van der Waals surface area contributed by atoms with Gasteiger partial charge in [-0.25, -0.2) is 4.39 Å². The SMILES string of the molecule is CN(Cc1ccccc1F)C(=O)COC(=O)CCC(=O)c1cccs1. The van der Waals surface area contributed by atoms with Crippen LogP contribution in [0.2, 0.25) is 0 Å². The number of likely N-dealkylation sites (N-methyl/N-ethyl adjacent to an activating group) is 1. The van der Waals surface area contributed by atoms with Gasteiger partial charge in [-0.2, -0.15) is 0 Å². The number of thiophene rings is 1. The Morgan fingerprint density at radius 3 is 2.56 bits per heavy atom. The van der Waals surface area contributed by atoms with Crippen molar-refractivity contribution in [3.8, 4) is 0 Å². The third-order valence-electron chi connectivity index (χ3n) is 3.50. The standard InChI is InChI=1S/C18H18FNO4S/c1-20(11-13-5-2-3-6-14(13)19)17(22)12-24-18(23)9-8-15(21)16-7-4-10-25-16/h2-7,10H,8-9,11-12H2,1H3. The summed E-state index contributed by atoms with van der Waals surface area (Å²) in [5.41, 5.74) is 0.381. The van der Waals surface area contributed by atoms with Gasteiger partial charge in [0.2, 0.25) is 0 Å². The van der Waals surface area contributed by atoms with Gasteiger partial charge in [0, 0.05) is 25.6 Å². The number of ether oxygens (including phenoxy) is 1. The van der Waals surface area contributed by atoms with Crippen LogP contribution in [-0.4, -0.2) is 36.2 Å². The highest BCUT2D eigenvalue weighted by Crippen LogP contribution is 2.13. The Labute approximate surface area is 149 Å². The largest absolute Gasteiger partial charge is 0.456 e. The van der Waals surface area contributed by atoms with Crippen LogP contribution >= 0.6 is 11.3 Å². The summed E-state index contributed by atoms with van der Waals surface area (Å²) in [4.78, 5) is 37.3. The monoisotopic (exact) mass is 363 g/mol. The zero-order valence-electron chi connectivity index (χ0n) is 13.7. The van der Waals surface area contributed by atoms with Crippen LogP contribution in [0.5, 0.6) is 0 Å². The Hall–Kier alpha value is -2.54. The van der Waals surface area contributed by atoms with E-state index >= 15 is 0 Å². The average Bonchev–Trinajstić information content (AvgIpc) is 3.14. The van der Waals surface area contributed by atoms with Crippen LogP contribution in [0.3, 0.4) is 0 Å². The molecule has 0 saturated carbocycles. The normalized spacial score (nSPS) is 10.3. The van der Waals surface area contributed by atoms with Gasteiger partial charge in [-0.05, 0) is 17.5 Å². The van der Waals surface area contributed by atoms with Crippen LogP contribution < -0.4 is 0 Å². The molecule has 0 saturated heterocycles. The van der Waals surface area contributed by atoms with E-state index in [1.165, 1.54) is 29.4 Å². The fourth-order valence-corrected chi connectivity index (χ4v) is 2.77. The molecular formula is C18H18FNO4S. The number of hydrogen-bond acceptors (Lipinski definition) is 5. The maximum Gasteiger partial charge on any atom is 0.306 e. The van der Waals surface area contributed by atoms with Crippen molar-refractivity contribution in [1.82, 2.24) is 4.90 Å². The Morgan fingerprint density at radius 2 is 1.88 bits per heavy atom. The molecule has 1 amide bonds. The van der Waals surface area contributed by atoms with Crippen molar-refractivity contribution in [3.63, 3.8) is 0 Å². The summed E-state index contributed by atoms with van der Waals surface area (Å²) in [5, 5.41) is 1.79.